The molecule has 0 atom stereocenters. The lowest BCUT2D eigenvalue weighted by atomic mass is 10.2. The van der Waals surface area contributed by atoms with E-state index < -0.39 is 0 Å². The Hall–Kier alpha value is -2.90. The highest BCUT2D eigenvalue weighted by Gasteiger charge is 2.08. The number of carbonyl (C=O) groups excluding carboxylic acids is 1. The van der Waals surface area contributed by atoms with E-state index in [2.05, 4.69) is 17.2 Å². The summed E-state index contributed by atoms with van der Waals surface area (Å²) in [5.41, 5.74) is 1.22. The third-order valence-corrected chi connectivity index (χ3v) is 3.58. The average Bonchev–Trinajstić information content (AvgIpc) is 2.68. The lowest BCUT2D eigenvalue weighted by Gasteiger charge is -2.11. The van der Waals surface area contributed by atoms with E-state index in [1.807, 2.05) is 12.1 Å². The molecular weight excluding hydrogens is 364 g/mol. The molecule has 2 aromatic carbocycles. The van der Waals surface area contributed by atoms with Crippen LogP contribution in [0.4, 0.5) is 5.69 Å². The van der Waals surface area contributed by atoms with Crippen molar-refractivity contribution in [2.75, 3.05) is 32.2 Å². The van der Waals surface area contributed by atoms with Crippen LogP contribution in [0.15, 0.2) is 61.2 Å². The summed E-state index contributed by atoms with van der Waals surface area (Å²) in [7, 11) is 1.61. The van der Waals surface area contributed by atoms with Gasteiger partial charge >= 0.3 is 0 Å². The van der Waals surface area contributed by atoms with E-state index in [9.17, 15) is 4.79 Å². The lowest BCUT2D eigenvalue weighted by molar-refractivity contribution is 0.0977. The number of hydrogen-bond donors (Lipinski definition) is 2. The number of benzene rings is 2. The van der Waals surface area contributed by atoms with Crippen molar-refractivity contribution in [1.29, 1.82) is 0 Å². The fourth-order valence-electron chi connectivity index (χ4n) is 2.07. The molecule has 1 amide bonds. The average molecular weight is 386 g/mol. The molecule has 0 bridgehead atoms. The fraction of sp³-hybridized carbons (Fsp3) is 0.200. The molecule has 2 rings (SSSR count). The zero-order chi connectivity index (χ0) is 19.5. The van der Waals surface area contributed by atoms with E-state index in [0.29, 0.717) is 31.1 Å². The number of carbonyl (C=O) groups is 1. The monoisotopic (exact) mass is 386 g/mol. The maximum absolute atomic E-state index is 12.3. The molecule has 0 aliphatic rings. The first-order valence-corrected chi connectivity index (χ1v) is 8.71. The van der Waals surface area contributed by atoms with Crippen LogP contribution in [0.25, 0.3) is 0 Å². The molecule has 6 nitrogen and oxygen atoms in total. The number of amides is 1. The Morgan fingerprint density at radius 2 is 1.67 bits per heavy atom. The summed E-state index contributed by atoms with van der Waals surface area (Å²) in [5, 5.41) is 5.81. The van der Waals surface area contributed by atoms with Crippen LogP contribution in [0.5, 0.6) is 11.5 Å². The molecule has 142 valence electrons. The number of rotatable bonds is 9. The van der Waals surface area contributed by atoms with E-state index in [4.69, 9.17) is 26.4 Å². The number of hydrogen-bond acceptors (Lipinski definition) is 5. The van der Waals surface area contributed by atoms with Crippen LogP contribution in [0.2, 0.25) is 0 Å². The molecule has 0 aliphatic heterocycles. The number of nitrogens with one attached hydrogen (secondary N) is 2. The van der Waals surface area contributed by atoms with E-state index in [0.717, 1.165) is 11.4 Å². The molecule has 0 aromatic heterocycles. The van der Waals surface area contributed by atoms with E-state index in [1.54, 1.807) is 49.6 Å². The van der Waals surface area contributed by atoms with E-state index in [1.165, 1.54) is 0 Å². The minimum atomic E-state index is -0.304. The van der Waals surface area contributed by atoms with Gasteiger partial charge in [-0.25, -0.2) is 0 Å². The van der Waals surface area contributed by atoms with Crippen molar-refractivity contribution in [1.82, 2.24) is 5.32 Å². The van der Waals surface area contributed by atoms with Crippen LogP contribution in [0.3, 0.4) is 0 Å². The third-order valence-electron chi connectivity index (χ3n) is 3.38. The molecule has 0 aliphatic carbocycles. The van der Waals surface area contributed by atoms with Crippen molar-refractivity contribution < 1.29 is 19.0 Å². The Morgan fingerprint density at radius 3 is 2.30 bits per heavy atom. The first kappa shape index (κ1) is 20.4. The Balaban J connectivity index is 1.84. The summed E-state index contributed by atoms with van der Waals surface area (Å²) in [6, 6.07) is 14.0. The van der Waals surface area contributed by atoms with Crippen molar-refractivity contribution in [3.8, 4) is 11.5 Å². The van der Waals surface area contributed by atoms with Gasteiger partial charge in [0.05, 0.1) is 6.61 Å². The van der Waals surface area contributed by atoms with Gasteiger partial charge in [0, 0.05) is 18.4 Å². The van der Waals surface area contributed by atoms with Gasteiger partial charge in [-0.1, -0.05) is 12.7 Å². The summed E-state index contributed by atoms with van der Waals surface area (Å²) in [5.74, 6) is 1.09. The van der Waals surface area contributed by atoms with Gasteiger partial charge in [-0.15, -0.1) is 0 Å². The highest BCUT2D eigenvalue weighted by atomic mass is 32.1. The van der Waals surface area contributed by atoms with Gasteiger partial charge in [-0.3, -0.25) is 10.1 Å². The summed E-state index contributed by atoms with van der Waals surface area (Å²) in [6.45, 7) is 5.00. The van der Waals surface area contributed by atoms with Crippen LogP contribution in [-0.4, -0.2) is 38.0 Å². The minimum absolute atomic E-state index is 0.209. The topological polar surface area (TPSA) is 68.8 Å². The first-order valence-electron chi connectivity index (χ1n) is 8.30. The van der Waals surface area contributed by atoms with Crippen molar-refractivity contribution >= 4 is 28.9 Å². The predicted octanol–water partition coefficient (Wildman–Crippen LogP) is 3.40. The molecule has 7 heteroatoms. The van der Waals surface area contributed by atoms with Crippen LogP contribution in [-0.2, 0) is 4.74 Å². The molecule has 27 heavy (non-hydrogen) atoms. The van der Waals surface area contributed by atoms with Gasteiger partial charge < -0.3 is 19.5 Å². The Morgan fingerprint density at radius 1 is 1.04 bits per heavy atom. The molecule has 2 N–H and O–H groups in total. The van der Waals surface area contributed by atoms with Crippen molar-refractivity contribution in [2.45, 2.75) is 0 Å². The van der Waals surface area contributed by atoms with Gasteiger partial charge in [-0.05, 0) is 60.7 Å². The summed E-state index contributed by atoms with van der Waals surface area (Å²) >= 11 is 5.19. The summed E-state index contributed by atoms with van der Waals surface area (Å²) < 4.78 is 15.8. The zero-order valence-electron chi connectivity index (χ0n) is 15.1. The SMILES string of the molecule is C=CCOc1ccc(NC(=S)NC(=O)c2ccc(OCCOC)cc2)cc1. The van der Waals surface area contributed by atoms with Gasteiger partial charge in [0.25, 0.3) is 5.91 Å². The fourth-order valence-corrected chi connectivity index (χ4v) is 2.28. The lowest BCUT2D eigenvalue weighted by Crippen LogP contribution is -2.34. The van der Waals surface area contributed by atoms with E-state index in [-0.39, 0.29) is 11.0 Å². The zero-order valence-corrected chi connectivity index (χ0v) is 15.9. The normalized spacial score (nSPS) is 9.96. The van der Waals surface area contributed by atoms with Crippen molar-refractivity contribution in [3.05, 3.63) is 66.7 Å². The second kappa shape index (κ2) is 10.9. The molecule has 0 saturated heterocycles. The molecule has 0 unspecified atom stereocenters. The highest BCUT2D eigenvalue weighted by molar-refractivity contribution is 7.80. The van der Waals surface area contributed by atoms with Gasteiger partial charge in [0.15, 0.2) is 5.11 Å². The van der Waals surface area contributed by atoms with E-state index >= 15 is 0 Å². The first-order chi connectivity index (χ1) is 13.1. The number of anilines is 1. The Bertz CT molecular complexity index is 761. The second-order valence-corrected chi connectivity index (χ2v) is 5.81. The third kappa shape index (κ3) is 7.08. The smallest absolute Gasteiger partial charge is 0.257 e. The van der Waals surface area contributed by atoms with Crippen molar-refractivity contribution in [2.24, 2.45) is 0 Å². The Labute approximate surface area is 164 Å². The molecule has 0 spiro atoms. The van der Waals surface area contributed by atoms with Gasteiger partial charge in [0.1, 0.15) is 24.7 Å². The molecule has 0 radical (unpaired) electrons. The molecular formula is C20H22N2O4S. The highest BCUT2D eigenvalue weighted by Crippen LogP contribution is 2.16. The maximum Gasteiger partial charge on any atom is 0.257 e. The second-order valence-electron chi connectivity index (χ2n) is 5.40. The van der Waals surface area contributed by atoms with Crippen LogP contribution >= 0.6 is 12.2 Å². The van der Waals surface area contributed by atoms with Gasteiger partial charge in [0.2, 0.25) is 0 Å². The maximum atomic E-state index is 12.3. The molecule has 0 fully saturated rings. The molecule has 2 aromatic rings. The van der Waals surface area contributed by atoms with Crippen LogP contribution in [0.1, 0.15) is 10.4 Å². The number of thiocarbonyl (C=S) groups is 1. The summed E-state index contributed by atoms with van der Waals surface area (Å²) in [6.07, 6.45) is 1.68. The van der Waals surface area contributed by atoms with Crippen molar-refractivity contribution in [3.63, 3.8) is 0 Å². The predicted molar refractivity (Wildman–Crippen MR) is 110 cm³/mol. The largest absolute Gasteiger partial charge is 0.491 e. The van der Waals surface area contributed by atoms with Gasteiger partial charge in [-0.2, -0.15) is 0 Å². The standard InChI is InChI=1S/C20H22N2O4S/c1-3-12-25-18-10-6-16(7-11-18)21-20(27)22-19(23)15-4-8-17(9-5-15)26-14-13-24-2/h3-11H,1,12-14H2,2H3,(H2,21,22,23,27). The molecule has 0 saturated carbocycles. The quantitative estimate of drug-likeness (QED) is 0.391. The number of methoxy groups -OCH3 is 1. The minimum Gasteiger partial charge on any atom is -0.491 e. The Kier molecular flexibility index (Phi) is 8.28. The van der Waals surface area contributed by atoms with Crippen LogP contribution < -0.4 is 20.1 Å². The number of ether oxygens (including phenoxy) is 3. The van der Waals surface area contributed by atoms with Crippen LogP contribution in [0, 0.1) is 0 Å². The summed E-state index contributed by atoms with van der Waals surface area (Å²) in [4.78, 5) is 12.3. The molecule has 0 heterocycles.